The van der Waals surface area contributed by atoms with E-state index in [0.29, 0.717) is 0 Å². The van der Waals surface area contributed by atoms with E-state index in [1.54, 1.807) is 0 Å². The molecule has 2 nitrogen and oxygen atoms in total. The summed E-state index contributed by atoms with van der Waals surface area (Å²) < 4.78 is 6.74. The van der Waals surface area contributed by atoms with Crippen LogP contribution in [0.25, 0.3) is 5.57 Å². The maximum Gasteiger partial charge on any atom is 0.250 e. The summed E-state index contributed by atoms with van der Waals surface area (Å²) >= 11 is 0. The molecule has 2 aromatic rings. The van der Waals surface area contributed by atoms with E-state index in [1.807, 2.05) is 0 Å². The van der Waals surface area contributed by atoms with Crippen molar-refractivity contribution in [3.8, 4) is 5.75 Å². The minimum atomic E-state index is -1.87. The molecule has 0 saturated carbocycles. The second-order valence-electron chi connectivity index (χ2n) is 9.56. The molecular weight excluding hydrogens is 358 g/mol. The van der Waals surface area contributed by atoms with Gasteiger partial charge in [0, 0.05) is 25.2 Å². The van der Waals surface area contributed by atoms with Crippen molar-refractivity contribution in [1.82, 2.24) is 4.90 Å². The van der Waals surface area contributed by atoms with Crippen LogP contribution in [0.3, 0.4) is 0 Å². The number of hydrogen-bond donors (Lipinski definition) is 0. The highest BCUT2D eigenvalue weighted by atomic mass is 28.4. The van der Waals surface area contributed by atoms with E-state index in [2.05, 4.69) is 100 Å². The molecule has 1 heterocycles. The molecule has 0 atom stereocenters. The largest absolute Gasteiger partial charge is 0.543 e. The minimum Gasteiger partial charge on any atom is -0.543 e. The number of benzene rings is 2. The first kappa shape index (κ1) is 20.9. The first-order valence-corrected chi connectivity index (χ1v) is 13.3. The van der Waals surface area contributed by atoms with Crippen molar-refractivity contribution in [2.24, 2.45) is 0 Å². The van der Waals surface area contributed by atoms with Crippen molar-refractivity contribution in [3.63, 3.8) is 0 Å². The Morgan fingerprint density at radius 2 is 1.75 bits per heavy atom. The average Bonchev–Trinajstić information content (AvgIpc) is 2.62. The lowest BCUT2D eigenvalue weighted by Crippen LogP contribution is -2.44. The van der Waals surface area contributed by atoms with Crippen LogP contribution in [0, 0.1) is 6.92 Å². The van der Waals surface area contributed by atoms with Crippen molar-refractivity contribution in [2.45, 2.75) is 58.8 Å². The molecule has 0 aromatic heterocycles. The second-order valence-corrected chi connectivity index (χ2v) is 14.3. The van der Waals surface area contributed by atoms with Crippen LogP contribution in [0.1, 0.15) is 43.9 Å². The summed E-state index contributed by atoms with van der Waals surface area (Å²) in [6, 6.07) is 17.5. The fourth-order valence-electron chi connectivity index (χ4n) is 3.35. The highest BCUT2D eigenvalue weighted by molar-refractivity contribution is 6.74. The van der Waals surface area contributed by atoms with E-state index in [1.165, 1.54) is 22.3 Å². The van der Waals surface area contributed by atoms with E-state index in [9.17, 15) is 0 Å². The van der Waals surface area contributed by atoms with Crippen LogP contribution in [0.4, 0.5) is 0 Å². The predicted molar refractivity (Wildman–Crippen MR) is 123 cm³/mol. The minimum absolute atomic E-state index is 0.196. The smallest absolute Gasteiger partial charge is 0.250 e. The molecule has 0 fully saturated rings. The van der Waals surface area contributed by atoms with Gasteiger partial charge in [0.05, 0.1) is 0 Å². The third-order valence-corrected chi connectivity index (χ3v) is 10.5. The van der Waals surface area contributed by atoms with Gasteiger partial charge in [-0.3, -0.25) is 4.90 Å². The van der Waals surface area contributed by atoms with Crippen molar-refractivity contribution in [1.29, 1.82) is 0 Å². The SMILES string of the molecule is Cc1ccc(C2=CCN(Cc3ccccc3)CC2)c(O[Si](C)(C)C(C)(C)C)c1. The molecule has 150 valence electrons. The van der Waals surface area contributed by atoms with E-state index in [0.717, 1.165) is 31.8 Å². The van der Waals surface area contributed by atoms with Gasteiger partial charge in [-0.05, 0) is 54.2 Å². The Morgan fingerprint density at radius 3 is 2.36 bits per heavy atom. The zero-order valence-electron chi connectivity index (χ0n) is 18.4. The highest BCUT2D eigenvalue weighted by Crippen LogP contribution is 2.40. The van der Waals surface area contributed by atoms with Crippen molar-refractivity contribution in [2.75, 3.05) is 13.1 Å². The summed E-state index contributed by atoms with van der Waals surface area (Å²) in [4.78, 5) is 2.52. The molecule has 0 N–H and O–H groups in total. The molecule has 0 saturated heterocycles. The summed E-state index contributed by atoms with van der Waals surface area (Å²) in [7, 11) is -1.87. The van der Waals surface area contributed by atoms with Gasteiger partial charge in [0.25, 0.3) is 8.32 Å². The molecule has 0 amide bonds. The molecule has 3 heteroatoms. The van der Waals surface area contributed by atoms with Gasteiger partial charge in [-0.25, -0.2) is 0 Å². The first-order valence-electron chi connectivity index (χ1n) is 10.4. The van der Waals surface area contributed by atoms with Gasteiger partial charge in [-0.2, -0.15) is 0 Å². The van der Waals surface area contributed by atoms with Crippen LogP contribution in [0.5, 0.6) is 5.75 Å². The fraction of sp³-hybridized carbons (Fsp3) is 0.440. The van der Waals surface area contributed by atoms with E-state index >= 15 is 0 Å². The molecule has 28 heavy (non-hydrogen) atoms. The normalized spacial score (nSPS) is 16.0. The number of hydrogen-bond acceptors (Lipinski definition) is 2. The Hall–Kier alpha value is -1.84. The maximum absolute atomic E-state index is 6.74. The molecule has 2 aromatic carbocycles. The summed E-state index contributed by atoms with van der Waals surface area (Å²) in [5.74, 6) is 1.08. The van der Waals surface area contributed by atoms with E-state index < -0.39 is 8.32 Å². The van der Waals surface area contributed by atoms with Crippen LogP contribution in [0.2, 0.25) is 18.1 Å². The summed E-state index contributed by atoms with van der Waals surface area (Å²) in [6.45, 7) is 16.8. The van der Waals surface area contributed by atoms with Gasteiger partial charge >= 0.3 is 0 Å². The van der Waals surface area contributed by atoms with Crippen LogP contribution < -0.4 is 4.43 Å². The number of nitrogens with zero attached hydrogens (tertiary/aromatic N) is 1. The molecule has 3 rings (SSSR count). The number of aryl methyl sites for hydroxylation is 1. The average molecular weight is 394 g/mol. The molecule has 1 aliphatic rings. The van der Waals surface area contributed by atoms with Gasteiger partial charge in [0.1, 0.15) is 5.75 Å². The van der Waals surface area contributed by atoms with Crippen LogP contribution in [0.15, 0.2) is 54.6 Å². The van der Waals surface area contributed by atoms with Crippen LogP contribution in [-0.2, 0) is 6.54 Å². The molecule has 1 aliphatic heterocycles. The molecule has 0 spiro atoms. The zero-order valence-corrected chi connectivity index (χ0v) is 19.4. The molecule has 0 unspecified atom stereocenters. The van der Waals surface area contributed by atoms with Gasteiger partial charge in [0.15, 0.2) is 0 Å². The molecular formula is C25H35NOSi. The Labute approximate surface area is 172 Å². The van der Waals surface area contributed by atoms with Crippen molar-refractivity contribution >= 4 is 13.9 Å². The van der Waals surface area contributed by atoms with Crippen LogP contribution in [-0.4, -0.2) is 26.3 Å². The highest BCUT2D eigenvalue weighted by Gasteiger charge is 2.39. The summed E-state index contributed by atoms with van der Waals surface area (Å²) in [6.07, 6.45) is 3.47. The third kappa shape index (κ3) is 4.95. The van der Waals surface area contributed by atoms with Crippen molar-refractivity contribution in [3.05, 3.63) is 71.3 Å². The molecule has 0 aliphatic carbocycles. The second kappa shape index (κ2) is 8.26. The van der Waals surface area contributed by atoms with E-state index in [-0.39, 0.29) is 5.04 Å². The van der Waals surface area contributed by atoms with E-state index in [4.69, 9.17) is 4.43 Å². The Morgan fingerprint density at radius 1 is 1.04 bits per heavy atom. The third-order valence-electron chi connectivity index (χ3n) is 6.20. The monoisotopic (exact) mass is 393 g/mol. The van der Waals surface area contributed by atoms with Crippen LogP contribution >= 0.6 is 0 Å². The molecule has 0 radical (unpaired) electrons. The first-order chi connectivity index (χ1) is 13.2. The lowest BCUT2D eigenvalue weighted by molar-refractivity contribution is 0.294. The van der Waals surface area contributed by atoms with Crippen molar-refractivity contribution < 1.29 is 4.43 Å². The lowest BCUT2D eigenvalue weighted by atomic mass is 9.97. The Balaban J connectivity index is 1.79. The maximum atomic E-state index is 6.74. The predicted octanol–water partition coefficient (Wildman–Crippen LogP) is 6.67. The Kier molecular flexibility index (Phi) is 6.16. The quantitative estimate of drug-likeness (QED) is 0.526. The number of rotatable bonds is 5. The topological polar surface area (TPSA) is 12.5 Å². The summed E-state index contributed by atoms with van der Waals surface area (Å²) in [5, 5.41) is 0.196. The van der Waals surface area contributed by atoms with Gasteiger partial charge in [-0.15, -0.1) is 0 Å². The molecule has 0 bridgehead atoms. The fourth-order valence-corrected chi connectivity index (χ4v) is 4.37. The zero-order chi connectivity index (χ0) is 20.4. The van der Waals surface area contributed by atoms with Gasteiger partial charge in [-0.1, -0.05) is 69.3 Å². The lowest BCUT2D eigenvalue weighted by Gasteiger charge is -2.37. The Bertz CT molecular complexity index is 833. The summed E-state index contributed by atoms with van der Waals surface area (Å²) in [5.41, 5.74) is 5.36. The van der Waals surface area contributed by atoms with Gasteiger partial charge < -0.3 is 4.43 Å². The van der Waals surface area contributed by atoms with Gasteiger partial charge in [0.2, 0.25) is 0 Å². The standard InChI is InChI=1S/C25H35NOSi/c1-20-12-13-23(24(18-20)27-28(5,6)25(2,3)4)22-14-16-26(17-15-22)19-21-10-8-7-9-11-21/h7-14,18H,15-17,19H2,1-6H3.